The standard InChI is InChI=1S/C28H27F8NO4S/c29-20-9-11-22(12-10-20)42-25(18-5-7-19(8-6-18)26(30,27(31,32)33)28(34,35)36)13-21(14-38)37(15-25)23(39)16-1-3-17(4-2-16)24(40)41/h5-12,16-17,21,38H,1-4,13-15H2,(H,40,41)/t16?,17?,21-,25?/m0/s1. The minimum atomic E-state index is -6.29. The first-order valence-corrected chi connectivity index (χ1v) is 13.9. The topological polar surface area (TPSA) is 77.8 Å². The molecule has 14 heteroatoms. The summed E-state index contributed by atoms with van der Waals surface area (Å²) in [5, 5.41) is 19.4. The van der Waals surface area contributed by atoms with E-state index in [1.807, 2.05) is 0 Å². The Morgan fingerprint density at radius 1 is 0.857 bits per heavy atom. The average Bonchev–Trinajstić information content (AvgIpc) is 3.32. The smallest absolute Gasteiger partial charge is 0.435 e. The maximum atomic E-state index is 14.7. The Morgan fingerprint density at radius 2 is 1.38 bits per heavy atom. The molecule has 1 unspecified atom stereocenters. The first-order valence-electron chi connectivity index (χ1n) is 13.0. The minimum absolute atomic E-state index is 0.0282. The molecule has 4 rings (SSSR count). The molecule has 0 bridgehead atoms. The number of aliphatic carboxylic acids is 1. The summed E-state index contributed by atoms with van der Waals surface area (Å²) in [5.74, 6) is -2.97. The van der Waals surface area contributed by atoms with Crippen LogP contribution < -0.4 is 0 Å². The molecule has 1 heterocycles. The Labute approximate surface area is 239 Å². The van der Waals surface area contributed by atoms with Gasteiger partial charge in [-0.3, -0.25) is 9.59 Å². The van der Waals surface area contributed by atoms with Gasteiger partial charge in [0.15, 0.2) is 0 Å². The van der Waals surface area contributed by atoms with Gasteiger partial charge < -0.3 is 15.1 Å². The zero-order chi connectivity index (χ0) is 31.1. The largest absolute Gasteiger partial charge is 0.481 e. The number of hydrogen-bond donors (Lipinski definition) is 2. The highest BCUT2D eigenvalue weighted by Gasteiger charge is 2.73. The van der Waals surface area contributed by atoms with Crippen LogP contribution in [0.25, 0.3) is 0 Å². The van der Waals surface area contributed by atoms with Gasteiger partial charge in [-0.25, -0.2) is 8.78 Å². The Bertz CT molecular complexity index is 1260. The van der Waals surface area contributed by atoms with Gasteiger partial charge in [-0.2, -0.15) is 26.3 Å². The molecule has 5 nitrogen and oxygen atoms in total. The Hall–Kier alpha value is -2.87. The molecule has 1 saturated carbocycles. The van der Waals surface area contributed by atoms with Crippen LogP contribution in [0.3, 0.4) is 0 Å². The van der Waals surface area contributed by atoms with Crippen LogP contribution in [0.1, 0.15) is 43.2 Å². The second-order valence-corrected chi connectivity index (χ2v) is 12.1. The number of benzene rings is 2. The van der Waals surface area contributed by atoms with Crippen LogP contribution in [0.4, 0.5) is 35.1 Å². The predicted molar refractivity (Wildman–Crippen MR) is 136 cm³/mol. The number of carbonyl (C=O) groups is 2. The summed E-state index contributed by atoms with van der Waals surface area (Å²) in [6.07, 6.45) is -11.4. The number of aliphatic hydroxyl groups is 1. The highest BCUT2D eigenvalue weighted by atomic mass is 32.2. The summed E-state index contributed by atoms with van der Waals surface area (Å²) < 4.78 is 107. The lowest BCUT2D eigenvalue weighted by molar-refractivity contribution is -0.348. The number of nitrogens with zero attached hydrogens (tertiary/aromatic N) is 1. The van der Waals surface area contributed by atoms with Gasteiger partial charge in [-0.1, -0.05) is 24.3 Å². The molecule has 0 aromatic heterocycles. The zero-order valence-corrected chi connectivity index (χ0v) is 22.7. The predicted octanol–water partition coefficient (Wildman–Crippen LogP) is 6.59. The van der Waals surface area contributed by atoms with E-state index < -0.39 is 64.6 Å². The number of alkyl halides is 7. The van der Waals surface area contributed by atoms with Crippen molar-refractivity contribution in [2.75, 3.05) is 13.2 Å². The van der Waals surface area contributed by atoms with Crippen LogP contribution >= 0.6 is 11.8 Å². The highest BCUT2D eigenvalue weighted by molar-refractivity contribution is 8.00. The number of halogens is 8. The lowest BCUT2D eigenvalue weighted by Crippen LogP contribution is -2.50. The van der Waals surface area contributed by atoms with Crippen LogP contribution in [0.15, 0.2) is 53.4 Å². The van der Waals surface area contributed by atoms with E-state index in [1.54, 1.807) is 0 Å². The van der Waals surface area contributed by atoms with Crippen molar-refractivity contribution in [1.29, 1.82) is 0 Å². The fourth-order valence-electron chi connectivity index (χ4n) is 5.76. The van der Waals surface area contributed by atoms with E-state index in [1.165, 1.54) is 17.0 Å². The number of aliphatic hydroxyl groups excluding tert-OH is 1. The van der Waals surface area contributed by atoms with E-state index in [4.69, 9.17) is 0 Å². The van der Waals surface area contributed by atoms with E-state index in [2.05, 4.69) is 0 Å². The monoisotopic (exact) mass is 625 g/mol. The molecule has 1 aliphatic heterocycles. The summed E-state index contributed by atoms with van der Waals surface area (Å²) in [6.45, 7) is -0.619. The van der Waals surface area contributed by atoms with Crippen LogP contribution in [0.5, 0.6) is 0 Å². The summed E-state index contributed by atoms with van der Waals surface area (Å²) in [6, 6.07) is 7.08. The molecule has 1 amide bonds. The fourth-order valence-corrected chi connectivity index (χ4v) is 7.22. The number of carboxylic acid groups (broad SMARTS) is 1. The summed E-state index contributed by atoms with van der Waals surface area (Å²) >= 11 is 1.09. The third-order valence-corrected chi connectivity index (χ3v) is 9.50. The summed E-state index contributed by atoms with van der Waals surface area (Å²) in [5.41, 5.74) is -7.10. The number of hydrogen-bond acceptors (Lipinski definition) is 4. The van der Waals surface area contributed by atoms with Gasteiger partial charge in [0.1, 0.15) is 5.82 Å². The second kappa shape index (κ2) is 11.7. The molecule has 230 valence electrons. The highest BCUT2D eigenvalue weighted by Crippen LogP contribution is 2.55. The van der Waals surface area contributed by atoms with Crippen molar-refractivity contribution in [2.24, 2.45) is 11.8 Å². The van der Waals surface area contributed by atoms with Crippen molar-refractivity contribution in [3.8, 4) is 0 Å². The third kappa shape index (κ3) is 5.97. The molecule has 2 atom stereocenters. The maximum absolute atomic E-state index is 14.7. The van der Waals surface area contributed by atoms with Crippen molar-refractivity contribution < 1.29 is 54.9 Å². The van der Waals surface area contributed by atoms with Crippen LogP contribution in [-0.4, -0.2) is 58.5 Å². The summed E-state index contributed by atoms with van der Waals surface area (Å²) in [4.78, 5) is 26.8. The van der Waals surface area contributed by atoms with E-state index in [0.29, 0.717) is 29.9 Å². The van der Waals surface area contributed by atoms with E-state index in [9.17, 15) is 54.9 Å². The summed E-state index contributed by atoms with van der Waals surface area (Å²) in [7, 11) is 0. The molecule has 2 N–H and O–H groups in total. The first kappa shape index (κ1) is 32.1. The normalized spacial score (nSPS) is 25.5. The number of likely N-dealkylation sites (tertiary alicyclic amines) is 1. The fraction of sp³-hybridized carbons (Fsp3) is 0.500. The van der Waals surface area contributed by atoms with Gasteiger partial charge in [0, 0.05) is 22.9 Å². The number of carboxylic acids is 1. The van der Waals surface area contributed by atoms with E-state index in [0.717, 1.165) is 36.0 Å². The van der Waals surface area contributed by atoms with Crippen molar-refractivity contribution in [1.82, 2.24) is 4.90 Å². The molecular formula is C28H27F8NO4S. The number of rotatable bonds is 7. The van der Waals surface area contributed by atoms with Crippen molar-refractivity contribution >= 4 is 23.6 Å². The average molecular weight is 626 g/mol. The Balaban J connectivity index is 1.71. The molecule has 0 spiro atoms. The Morgan fingerprint density at radius 3 is 1.86 bits per heavy atom. The minimum Gasteiger partial charge on any atom is -0.481 e. The van der Waals surface area contributed by atoms with Gasteiger partial charge in [0.25, 0.3) is 0 Å². The SMILES string of the molecule is O=C(O)C1CCC(C(=O)N2CC(Sc3ccc(F)cc3)(c3ccc(C(F)(C(F)(F)F)C(F)(F)F)cc3)C[C@H]2CO)CC1. The number of carbonyl (C=O) groups excluding carboxylic acids is 1. The van der Waals surface area contributed by atoms with Crippen molar-refractivity contribution in [3.05, 3.63) is 65.5 Å². The molecule has 0 radical (unpaired) electrons. The molecule has 2 aromatic rings. The first-order chi connectivity index (χ1) is 19.5. The van der Waals surface area contributed by atoms with Gasteiger partial charge in [0.05, 0.1) is 23.3 Å². The third-order valence-electron chi connectivity index (χ3n) is 8.07. The van der Waals surface area contributed by atoms with Gasteiger partial charge >= 0.3 is 24.0 Å². The van der Waals surface area contributed by atoms with Crippen molar-refractivity contribution in [2.45, 2.75) is 65.8 Å². The van der Waals surface area contributed by atoms with Crippen molar-refractivity contribution in [3.63, 3.8) is 0 Å². The van der Waals surface area contributed by atoms with Crippen LogP contribution in [-0.2, 0) is 20.0 Å². The quantitative estimate of drug-likeness (QED) is 0.340. The number of thioether (sulfide) groups is 1. The molecule has 2 aromatic carbocycles. The molecule has 42 heavy (non-hydrogen) atoms. The van der Waals surface area contributed by atoms with Gasteiger partial charge in [-0.05, 0) is 61.9 Å². The zero-order valence-electron chi connectivity index (χ0n) is 21.9. The maximum Gasteiger partial charge on any atom is 0.435 e. The van der Waals surface area contributed by atoms with Gasteiger partial charge in [-0.15, -0.1) is 11.8 Å². The van der Waals surface area contributed by atoms with Gasteiger partial charge in [0.2, 0.25) is 5.91 Å². The van der Waals surface area contributed by atoms with E-state index in [-0.39, 0.29) is 37.3 Å². The second-order valence-electron chi connectivity index (χ2n) is 10.7. The van der Waals surface area contributed by atoms with Crippen LogP contribution in [0, 0.1) is 17.7 Å². The molecule has 2 fully saturated rings. The molecular weight excluding hydrogens is 598 g/mol. The van der Waals surface area contributed by atoms with Crippen LogP contribution in [0.2, 0.25) is 0 Å². The lowest BCUT2D eigenvalue weighted by atomic mass is 9.81. The molecule has 1 aliphatic carbocycles. The lowest BCUT2D eigenvalue weighted by Gasteiger charge is -2.33. The molecule has 1 saturated heterocycles. The van der Waals surface area contributed by atoms with E-state index >= 15 is 0 Å². The Kier molecular flexibility index (Phi) is 8.90. The number of amides is 1. The molecule has 2 aliphatic rings.